The predicted molar refractivity (Wildman–Crippen MR) is 127 cm³/mol. The average Bonchev–Trinajstić information content (AvgIpc) is 2.86. The number of amides is 1. The maximum atomic E-state index is 13.2. The van der Waals surface area contributed by atoms with Gasteiger partial charge < -0.3 is 14.8 Å². The molecule has 0 saturated heterocycles. The Morgan fingerprint density at radius 2 is 1.69 bits per heavy atom. The first kappa shape index (κ1) is 24.5. The Bertz CT molecular complexity index is 1480. The zero-order chi connectivity index (χ0) is 25.9. The van der Waals surface area contributed by atoms with Crippen LogP contribution in [0.2, 0.25) is 0 Å². The van der Waals surface area contributed by atoms with E-state index >= 15 is 0 Å². The Morgan fingerprint density at radius 3 is 2.44 bits per heavy atom. The van der Waals surface area contributed by atoms with E-state index in [1.54, 1.807) is 48.5 Å². The molecule has 7 nitrogen and oxygen atoms in total. The summed E-state index contributed by atoms with van der Waals surface area (Å²) in [5, 5.41) is 6.63. The normalized spacial score (nSPS) is 11.1. The van der Waals surface area contributed by atoms with Gasteiger partial charge in [-0.1, -0.05) is 24.3 Å². The van der Waals surface area contributed by atoms with E-state index in [4.69, 9.17) is 9.47 Å². The van der Waals surface area contributed by atoms with Crippen molar-refractivity contribution in [2.24, 2.45) is 0 Å². The van der Waals surface area contributed by atoms with Crippen molar-refractivity contribution in [2.45, 2.75) is 13.1 Å². The second kappa shape index (κ2) is 9.95. The number of benzene rings is 3. The number of hydrogen-bond acceptors (Lipinski definition) is 5. The number of para-hydroxylation sites is 2. The SMILES string of the molecule is COc1cccc(Oc2ccccc2NC(=O)c2nn(-c3cccc(C(F)(F)F)c3)cc(C)c2=O)c1. The van der Waals surface area contributed by atoms with Gasteiger partial charge in [0, 0.05) is 17.8 Å². The van der Waals surface area contributed by atoms with Gasteiger partial charge in [0.2, 0.25) is 5.43 Å². The standard InChI is InChI=1S/C26H20F3N3O4/c1-16-15-32(18-8-5-7-17(13-18)26(27,28)29)31-23(24(16)33)25(34)30-21-11-3-4-12-22(21)36-20-10-6-9-19(14-20)35-2/h3-15H,1-2H3,(H,30,34). The Hall–Kier alpha value is -4.60. The summed E-state index contributed by atoms with van der Waals surface area (Å²) < 4.78 is 51.6. The van der Waals surface area contributed by atoms with Crippen molar-refractivity contribution >= 4 is 11.6 Å². The van der Waals surface area contributed by atoms with E-state index in [0.717, 1.165) is 16.8 Å². The fourth-order valence-electron chi connectivity index (χ4n) is 3.35. The fraction of sp³-hybridized carbons (Fsp3) is 0.115. The average molecular weight is 495 g/mol. The molecule has 3 aromatic carbocycles. The molecule has 1 aromatic heterocycles. The van der Waals surface area contributed by atoms with Crippen LogP contribution in [0.4, 0.5) is 18.9 Å². The first-order valence-electron chi connectivity index (χ1n) is 10.7. The quantitative estimate of drug-likeness (QED) is 0.376. The van der Waals surface area contributed by atoms with Gasteiger partial charge in [-0.05, 0) is 49.4 Å². The maximum Gasteiger partial charge on any atom is 0.416 e. The molecule has 0 atom stereocenters. The number of hydrogen-bond donors (Lipinski definition) is 1. The number of nitrogens with one attached hydrogen (secondary N) is 1. The topological polar surface area (TPSA) is 82.4 Å². The largest absolute Gasteiger partial charge is 0.497 e. The second-order valence-corrected chi connectivity index (χ2v) is 7.71. The summed E-state index contributed by atoms with van der Waals surface area (Å²) in [6.07, 6.45) is -3.29. The number of anilines is 1. The molecule has 0 spiro atoms. The van der Waals surface area contributed by atoms with Gasteiger partial charge in [-0.15, -0.1) is 0 Å². The highest BCUT2D eigenvalue weighted by molar-refractivity contribution is 6.03. The van der Waals surface area contributed by atoms with Crippen molar-refractivity contribution < 1.29 is 27.4 Å². The van der Waals surface area contributed by atoms with Gasteiger partial charge in [-0.25, -0.2) is 4.68 Å². The highest BCUT2D eigenvalue weighted by Gasteiger charge is 2.30. The van der Waals surface area contributed by atoms with Gasteiger partial charge >= 0.3 is 6.18 Å². The van der Waals surface area contributed by atoms with Crippen molar-refractivity contribution in [1.82, 2.24) is 9.78 Å². The lowest BCUT2D eigenvalue weighted by Crippen LogP contribution is -2.27. The van der Waals surface area contributed by atoms with E-state index in [9.17, 15) is 22.8 Å². The lowest BCUT2D eigenvalue weighted by molar-refractivity contribution is -0.137. The van der Waals surface area contributed by atoms with Gasteiger partial charge in [-0.3, -0.25) is 9.59 Å². The summed E-state index contributed by atoms with van der Waals surface area (Å²) in [5.74, 6) is 0.487. The van der Waals surface area contributed by atoms with Crippen molar-refractivity contribution in [3.63, 3.8) is 0 Å². The van der Waals surface area contributed by atoms with E-state index in [-0.39, 0.29) is 16.9 Å². The van der Waals surface area contributed by atoms with Crippen LogP contribution in [0.15, 0.2) is 83.8 Å². The number of aromatic nitrogens is 2. The van der Waals surface area contributed by atoms with Crippen LogP contribution in [-0.4, -0.2) is 22.8 Å². The molecule has 0 saturated carbocycles. The molecule has 0 bridgehead atoms. The number of ether oxygens (including phenoxy) is 2. The second-order valence-electron chi connectivity index (χ2n) is 7.71. The van der Waals surface area contributed by atoms with Crippen LogP contribution in [0.25, 0.3) is 5.69 Å². The van der Waals surface area contributed by atoms with E-state index < -0.39 is 28.8 Å². The maximum absolute atomic E-state index is 13.2. The van der Waals surface area contributed by atoms with Crippen LogP contribution < -0.4 is 20.2 Å². The van der Waals surface area contributed by atoms with E-state index in [0.29, 0.717) is 17.2 Å². The summed E-state index contributed by atoms with van der Waals surface area (Å²) in [6, 6.07) is 17.8. The molecule has 4 rings (SSSR count). The number of carbonyl (C=O) groups excluding carboxylic acids is 1. The minimum absolute atomic E-state index is 0.0451. The van der Waals surface area contributed by atoms with E-state index in [2.05, 4.69) is 10.4 Å². The summed E-state index contributed by atoms with van der Waals surface area (Å²) in [5.41, 5.74) is -1.57. The number of nitrogens with zero attached hydrogens (tertiary/aromatic N) is 2. The van der Waals surface area contributed by atoms with Crippen molar-refractivity contribution in [3.8, 4) is 22.9 Å². The molecule has 1 amide bonds. The summed E-state index contributed by atoms with van der Waals surface area (Å²) in [7, 11) is 1.52. The summed E-state index contributed by atoms with van der Waals surface area (Å²) in [6.45, 7) is 1.45. The predicted octanol–water partition coefficient (Wildman–Crippen LogP) is 5.61. The number of alkyl halides is 3. The first-order chi connectivity index (χ1) is 17.2. The van der Waals surface area contributed by atoms with Gasteiger partial charge in [0.05, 0.1) is 24.0 Å². The molecule has 0 unspecified atom stereocenters. The van der Waals surface area contributed by atoms with Crippen molar-refractivity contribution in [2.75, 3.05) is 12.4 Å². The Labute approximate surface area is 203 Å². The highest BCUT2D eigenvalue weighted by Crippen LogP contribution is 2.32. The molecular formula is C26H20F3N3O4. The van der Waals surface area contributed by atoms with Gasteiger partial charge in [0.1, 0.15) is 11.5 Å². The van der Waals surface area contributed by atoms with Crippen LogP contribution >= 0.6 is 0 Å². The molecule has 4 aromatic rings. The molecule has 1 heterocycles. The Morgan fingerprint density at radius 1 is 0.972 bits per heavy atom. The van der Waals surface area contributed by atoms with Gasteiger partial charge in [0.25, 0.3) is 5.91 Å². The number of aryl methyl sites for hydroxylation is 1. The Balaban J connectivity index is 1.66. The molecule has 184 valence electrons. The molecule has 0 radical (unpaired) electrons. The number of carbonyl (C=O) groups is 1. The van der Waals surface area contributed by atoms with Crippen LogP contribution in [0.1, 0.15) is 21.6 Å². The molecule has 0 aliphatic heterocycles. The van der Waals surface area contributed by atoms with Gasteiger partial charge in [0.15, 0.2) is 11.4 Å². The minimum atomic E-state index is -4.56. The lowest BCUT2D eigenvalue weighted by atomic mass is 10.2. The number of halogens is 3. The Kier molecular flexibility index (Phi) is 6.77. The molecule has 10 heteroatoms. The highest BCUT2D eigenvalue weighted by atomic mass is 19.4. The van der Waals surface area contributed by atoms with Crippen LogP contribution in [0, 0.1) is 6.92 Å². The van der Waals surface area contributed by atoms with E-state index in [1.807, 2.05) is 0 Å². The lowest BCUT2D eigenvalue weighted by Gasteiger charge is -2.14. The third-order valence-corrected chi connectivity index (χ3v) is 5.15. The number of methoxy groups -OCH3 is 1. The summed E-state index contributed by atoms with van der Waals surface area (Å²) in [4.78, 5) is 25.8. The van der Waals surface area contributed by atoms with Gasteiger partial charge in [-0.2, -0.15) is 18.3 Å². The zero-order valence-corrected chi connectivity index (χ0v) is 19.2. The van der Waals surface area contributed by atoms with Crippen molar-refractivity contribution in [3.05, 3.63) is 106 Å². The van der Waals surface area contributed by atoms with E-state index in [1.165, 1.54) is 32.4 Å². The van der Waals surface area contributed by atoms with Crippen LogP contribution in [0.3, 0.4) is 0 Å². The monoisotopic (exact) mass is 495 g/mol. The minimum Gasteiger partial charge on any atom is -0.497 e. The zero-order valence-electron chi connectivity index (χ0n) is 19.2. The van der Waals surface area contributed by atoms with Crippen LogP contribution in [-0.2, 0) is 6.18 Å². The molecular weight excluding hydrogens is 475 g/mol. The molecule has 0 fully saturated rings. The third kappa shape index (κ3) is 5.38. The number of rotatable bonds is 6. The molecule has 1 N–H and O–H groups in total. The summed E-state index contributed by atoms with van der Waals surface area (Å²) >= 11 is 0. The first-order valence-corrected chi connectivity index (χ1v) is 10.7. The third-order valence-electron chi connectivity index (χ3n) is 5.15. The molecule has 0 aliphatic rings. The van der Waals surface area contributed by atoms with Crippen LogP contribution in [0.5, 0.6) is 17.2 Å². The molecule has 36 heavy (non-hydrogen) atoms. The smallest absolute Gasteiger partial charge is 0.416 e. The molecule has 0 aliphatic carbocycles. The fourth-order valence-corrected chi connectivity index (χ4v) is 3.35. The van der Waals surface area contributed by atoms with Crippen molar-refractivity contribution in [1.29, 1.82) is 0 Å².